The molecule has 1 N–H and O–H groups in total. The third-order valence-corrected chi connectivity index (χ3v) is 2.40. The fourth-order valence-corrected chi connectivity index (χ4v) is 1.33. The molecule has 8 heteroatoms. The van der Waals surface area contributed by atoms with Crippen LogP contribution in [0.15, 0.2) is 12.1 Å². The van der Waals surface area contributed by atoms with Crippen LogP contribution in [-0.2, 0) is 11.0 Å². The first-order chi connectivity index (χ1) is 7.77. The first kappa shape index (κ1) is 14.1. The minimum atomic E-state index is -4.84. The number of alkyl halides is 4. The van der Waals surface area contributed by atoms with Crippen LogP contribution in [-0.4, -0.2) is 11.8 Å². The Hall–Kier alpha value is -1.01. The molecule has 1 aromatic rings. The summed E-state index contributed by atoms with van der Waals surface area (Å²) in [5, 5.41) is 1.26. The Labute approximate surface area is 104 Å². The second-order valence-corrected chi connectivity index (χ2v) is 3.61. The molecular weight excluding hydrogens is 285 g/mol. The molecule has 0 radical (unpaired) electrons. The molecule has 0 aliphatic rings. The lowest BCUT2D eigenvalue weighted by Gasteiger charge is -2.12. The van der Waals surface area contributed by atoms with Crippen molar-refractivity contribution in [2.24, 2.45) is 0 Å². The van der Waals surface area contributed by atoms with E-state index in [0.717, 1.165) is 6.07 Å². The van der Waals surface area contributed by atoms with E-state index in [0.29, 0.717) is 6.07 Å². The zero-order chi connectivity index (χ0) is 13.2. The van der Waals surface area contributed by atoms with Crippen LogP contribution >= 0.6 is 23.2 Å². The fourth-order valence-electron chi connectivity index (χ4n) is 1.05. The van der Waals surface area contributed by atoms with Gasteiger partial charge >= 0.3 is 6.18 Å². The summed E-state index contributed by atoms with van der Waals surface area (Å²) in [6, 6.07) is 1.35. The van der Waals surface area contributed by atoms with Crippen molar-refractivity contribution in [1.82, 2.24) is 0 Å². The van der Waals surface area contributed by atoms with Crippen molar-refractivity contribution in [3.05, 3.63) is 28.5 Å². The van der Waals surface area contributed by atoms with Crippen LogP contribution in [0.2, 0.25) is 5.02 Å². The molecule has 1 aromatic carbocycles. The molecule has 0 saturated carbocycles. The predicted octanol–water partition coefficient (Wildman–Crippen LogP) is 3.68. The van der Waals surface area contributed by atoms with Crippen LogP contribution in [0.5, 0.6) is 0 Å². The second kappa shape index (κ2) is 5.10. The van der Waals surface area contributed by atoms with E-state index in [1.165, 1.54) is 0 Å². The number of hydrogen-bond donors (Lipinski definition) is 1. The average molecular weight is 290 g/mol. The summed E-state index contributed by atoms with van der Waals surface area (Å²) in [7, 11) is 0. The molecule has 2 nitrogen and oxygen atoms in total. The van der Waals surface area contributed by atoms with Crippen molar-refractivity contribution in [3.63, 3.8) is 0 Å². The Morgan fingerprint density at radius 3 is 2.41 bits per heavy atom. The molecule has 17 heavy (non-hydrogen) atoms. The highest BCUT2D eigenvalue weighted by Crippen LogP contribution is 2.36. The van der Waals surface area contributed by atoms with Gasteiger partial charge in [0.2, 0.25) is 5.91 Å². The van der Waals surface area contributed by atoms with Crippen molar-refractivity contribution in [1.29, 1.82) is 0 Å². The second-order valence-electron chi connectivity index (χ2n) is 2.97. The lowest BCUT2D eigenvalue weighted by atomic mass is 10.2. The van der Waals surface area contributed by atoms with Crippen molar-refractivity contribution < 1.29 is 22.4 Å². The lowest BCUT2D eigenvalue weighted by molar-refractivity contribution is -0.139. The maximum atomic E-state index is 13.3. The van der Waals surface area contributed by atoms with Crippen molar-refractivity contribution in [2.45, 2.75) is 6.18 Å². The largest absolute Gasteiger partial charge is 0.419 e. The quantitative estimate of drug-likeness (QED) is 0.653. The van der Waals surface area contributed by atoms with Crippen molar-refractivity contribution in [2.75, 3.05) is 11.2 Å². The molecule has 0 aromatic heterocycles. The number of amides is 1. The van der Waals surface area contributed by atoms with E-state index >= 15 is 0 Å². The van der Waals surface area contributed by atoms with Gasteiger partial charge in [-0.05, 0) is 12.1 Å². The van der Waals surface area contributed by atoms with Gasteiger partial charge in [0.1, 0.15) is 10.9 Å². The standard InChI is InChI=1S/C9H5Cl2F4NO/c10-3-6(17)16-5-2-1-4(9(13,14)15)8(12)7(5)11/h1-2H,3H2,(H,16,17). The van der Waals surface area contributed by atoms with E-state index in [-0.39, 0.29) is 5.69 Å². The normalized spacial score (nSPS) is 11.4. The first-order valence-corrected chi connectivity index (χ1v) is 5.09. The van der Waals surface area contributed by atoms with E-state index in [4.69, 9.17) is 23.2 Å². The van der Waals surface area contributed by atoms with E-state index in [1.807, 2.05) is 0 Å². The minimum absolute atomic E-state index is 0.261. The van der Waals surface area contributed by atoms with Gasteiger partial charge in [-0.3, -0.25) is 4.79 Å². The number of benzene rings is 1. The Bertz CT molecular complexity index is 447. The Morgan fingerprint density at radius 1 is 1.35 bits per heavy atom. The smallest absolute Gasteiger partial charge is 0.324 e. The van der Waals surface area contributed by atoms with Crippen molar-refractivity contribution in [3.8, 4) is 0 Å². The summed E-state index contributed by atoms with van der Waals surface area (Å²) in [6.07, 6.45) is -4.84. The molecule has 0 unspecified atom stereocenters. The number of carbonyl (C=O) groups excluding carboxylic acids is 1. The van der Waals surface area contributed by atoms with Crippen LogP contribution in [0.25, 0.3) is 0 Å². The van der Waals surface area contributed by atoms with Gasteiger partial charge in [0, 0.05) is 0 Å². The molecule has 1 amide bonds. The molecule has 0 bridgehead atoms. The summed E-state index contributed by atoms with van der Waals surface area (Å²) in [5.41, 5.74) is -1.76. The van der Waals surface area contributed by atoms with Gasteiger partial charge in [0.25, 0.3) is 0 Å². The molecular formula is C9H5Cl2F4NO. The number of hydrogen-bond acceptors (Lipinski definition) is 1. The Balaban J connectivity index is 3.15. The molecule has 94 valence electrons. The summed E-state index contributed by atoms with van der Waals surface area (Å²) in [5.74, 6) is -2.75. The Kier molecular flexibility index (Phi) is 4.21. The van der Waals surface area contributed by atoms with Crippen LogP contribution in [0.4, 0.5) is 23.2 Å². The molecule has 0 aliphatic carbocycles. The van der Waals surface area contributed by atoms with E-state index in [2.05, 4.69) is 5.32 Å². The third kappa shape index (κ3) is 3.23. The number of carbonyl (C=O) groups is 1. The SMILES string of the molecule is O=C(CCl)Nc1ccc(C(F)(F)F)c(F)c1Cl. The summed E-state index contributed by atoms with van der Waals surface area (Å²) in [6.45, 7) is 0. The monoisotopic (exact) mass is 289 g/mol. The van der Waals surface area contributed by atoms with Gasteiger partial charge in [0.15, 0.2) is 5.82 Å². The molecule has 0 aliphatic heterocycles. The topological polar surface area (TPSA) is 29.1 Å². The van der Waals surface area contributed by atoms with E-state index < -0.39 is 34.4 Å². The Morgan fingerprint density at radius 2 is 1.94 bits per heavy atom. The summed E-state index contributed by atoms with van der Waals surface area (Å²) < 4.78 is 50.1. The zero-order valence-electron chi connectivity index (χ0n) is 8.04. The van der Waals surface area contributed by atoms with Gasteiger partial charge in [-0.1, -0.05) is 11.6 Å². The molecule has 0 atom stereocenters. The summed E-state index contributed by atoms with van der Waals surface area (Å²) >= 11 is 10.5. The van der Waals surface area contributed by atoms with Crippen LogP contribution in [0.1, 0.15) is 5.56 Å². The lowest BCUT2D eigenvalue weighted by Crippen LogP contribution is -2.15. The van der Waals surface area contributed by atoms with Gasteiger partial charge in [-0.25, -0.2) is 4.39 Å². The van der Waals surface area contributed by atoms with E-state index in [1.54, 1.807) is 0 Å². The average Bonchev–Trinajstić information content (AvgIpc) is 2.22. The van der Waals surface area contributed by atoms with E-state index in [9.17, 15) is 22.4 Å². The molecule has 1 rings (SSSR count). The highest BCUT2D eigenvalue weighted by atomic mass is 35.5. The summed E-state index contributed by atoms with van der Waals surface area (Å²) in [4.78, 5) is 10.9. The highest BCUT2D eigenvalue weighted by Gasteiger charge is 2.35. The molecule has 0 fully saturated rings. The predicted molar refractivity (Wildman–Crippen MR) is 55.8 cm³/mol. The minimum Gasteiger partial charge on any atom is -0.324 e. The molecule has 0 saturated heterocycles. The molecule has 0 heterocycles. The van der Waals surface area contributed by atoms with Gasteiger partial charge in [0.05, 0.1) is 11.3 Å². The van der Waals surface area contributed by atoms with Crippen molar-refractivity contribution >= 4 is 34.8 Å². The van der Waals surface area contributed by atoms with Crippen LogP contribution < -0.4 is 5.32 Å². The van der Waals surface area contributed by atoms with Gasteiger partial charge in [-0.2, -0.15) is 13.2 Å². The first-order valence-electron chi connectivity index (χ1n) is 4.18. The van der Waals surface area contributed by atoms with Gasteiger partial charge < -0.3 is 5.32 Å². The number of halogens is 6. The van der Waals surface area contributed by atoms with Crippen LogP contribution in [0.3, 0.4) is 0 Å². The third-order valence-electron chi connectivity index (χ3n) is 1.78. The number of rotatable bonds is 2. The number of nitrogens with one attached hydrogen (secondary N) is 1. The maximum absolute atomic E-state index is 13.3. The zero-order valence-corrected chi connectivity index (χ0v) is 9.55. The maximum Gasteiger partial charge on any atom is 0.419 e. The van der Waals surface area contributed by atoms with Gasteiger partial charge in [-0.15, -0.1) is 11.6 Å². The highest BCUT2D eigenvalue weighted by molar-refractivity contribution is 6.35. The number of anilines is 1. The van der Waals surface area contributed by atoms with Crippen LogP contribution in [0, 0.1) is 5.82 Å². The molecule has 0 spiro atoms. The fraction of sp³-hybridized carbons (Fsp3) is 0.222.